The lowest BCUT2D eigenvalue weighted by atomic mass is 9.96. The molecule has 1 saturated heterocycles. The van der Waals surface area contributed by atoms with Crippen LogP contribution in [0.25, 0.3) is 0 Å². The Labute approximate surface area is 84.3 Å². The second-order valence-corrected chi connectivity index (χ2v) is 4.03. The van der Waals surface area contributed by atoms with E-state index in [1.54, 1.807) is 0 Å². The van der Waals surface area contributed by atoms with Crippen molar-refractivity contribution in [1.82, 2.24) is 5.32 Å². The molecule has 2 atom stereocenters. The van der Waals surface area contributed by atoms with Gasteiger partial charge in [0.25, 0.3) is 0 Å². The molecular formula is C12H15NO. The van der Waals surface area contributed by atoms with Gasteiger partial charge in [-0.05, 0) is 24.8 Å². The Morgan fingerprint density at radius 3 is 2.57 bits per heavy atom. The minimum Gasteiger partial charge on any atom is -0.314 e. The number of rotatable bonds is 2. The largest absolute Gasteiger partial charge is 0.314 e. The maximum absolute atomic E-state index is 10.5. The number of nitrogens with one attached hydrogen (secondary N) is 1. The van der Waals surface area contributed by atoms with E-state index in [0.29, 0.717) is 12.0 Å². The first-order valence-electron chi connectivity index (χ1n) is 5.08. The molecule has 74 valence electrons. The molecule has 0 aliphatic carbocycles. The van der Waals surface area contributed by atoms with E-state index >= 15 is 0 Å². The Kier molecular flexibility index (Phi) is 2.64. The molecule has 2 rings (SSSR count). The highest BCUT2D eigenvalue weighted by Gasteiger charge is 2.21. The third-order valence-electron chi connectivity index (χ3n) is 2.89. The average Bonchev–Trinajstić information content (AvgIpc) is 2.65. The highest BCUT2D eigenvalue weighted by molar-refractivity contribution is 5.74. The molecule has 2 heteroatoms. The molecule has 0 aromatic heterocycles. The molecule has 1 fully saturated rings. The van der Waals surface area contributed by atoms with Crippen molar-refractivity contribution < 1.29 is 4.79 Å². The number of hydrogen-bond donors (Lipinski definition) is 1. The van der Waals surface area contributed by atoms with Crippen LogP contribution in [0.15, 0.2) is 24.3 Å². The number of aldehydes is 1. The number of benzene rings is 1. The molecule has 1 aromatic rings. The zero-order valence-electron chi connectivity index (χ0n) is 8.36. The fourth-order valence-corrected chi connectivity index (χ4v) is 2.04. The predicted molar refractivity (Wildman–Crippen MR) is 56.7 cm³/mol. The summed E-state index contributed by atoms with van der Waals surface area (Å²) in [5.41, 5.74) is 2.10. The molecule has 1 aliphatic rings. The summed E-state index contributed by atoms with van der Waals surface area (Å²) in [6.45, 7) is 3.27. The van der Waals surface area contributed by atoms with Gasteiger partial charge in [0.05, 0.1) is 0 Å². The number of hydrogen-bond acceptors (Lipinski definition) is 2. The average molecular weight is 189 g/mol. The standard InChI is InChI=1S/C12H15NO/c1-9-6-12(7-13-9)11-4-2-10(8-14)3-5-11/h2-5,8-9,12-13H,6-7H2,1H3. The van der Waals surface area contributed by atoms with E-state index in [1.165, 1.54) is 12.0 Å². The van der Waals surface area contributed by atoms with Crippen molar-refractivity contribution in [3.63, 3.8) is 0 Å². The normalized spacial score (nSPS) is 26.4. The fourth-order valence-electron chi connectivity index (χ4n) is 2.04. The monoisotopic (exact) mass is 189 g/mol. The molecule has 1 N–H and O–H groups in total. The van der Waals surface area contributed by atoms with Crippen molar-refractivity contribution in [2.75, 3.05) is 6.54 Å². The second-order valence-electron chi connectivity index (χ2n) is 4.03. The molecule has 2 unspecified atom stereocenters. The Morgan fingerprint density at radius 2 is 2.07 bits per heavy atom. The van der Waals surface area contributed by atoms with Crippen molar-refractivity contribution in [3.05, 3.63) is 35.4 Å². The summed E-state index contributed by atoms with van der Waals surface area (Å²) in [7, 11) is 0. The molecular weight excluding hydrogens is 174 g/mol. The second kappa shape index (κ2) is 3.93. The van der Waals surface area contributed by atoms with Crippen LogP contribution in [0.2, 0.25) is 0 Å². The van der Waals surface area contributed by atoms with Crippen LogP contribution >= 0.6 is 0 Å². The molecule has 1 aromatic carbocycles. The molecule has 14 heavy (non-hydrogen) atoms. The third-order valence-corrected chi connectivity index (χ3v) is 2.89. The lowest BCUT2D eigenvalue weighted by Gasteiger charge is -2.08. The van der Waals surface area contributed by atoms with Crippen LogP contribution in [-0.4, -0.2) is 18.9 Å². The molecule has 0 spiro atoms. The Bertz CT molecular complexity index is 318. The van der Waals surface area contributed by atoms with E-state index in [-0.39, 0.29) is 0 Å². The quantitative estimate of drug-likeness (QED) is 0.721. The van der Waals surface area contributed by atoms with Crippen molar-refractivity contribution >= 4 is 6.29 Å². The van der Waals surface area contributed by atoms with Crippen molar-refractivity contribution in [1.29, 1.82) is 0 Å². The van der Waals surface area contributed by atoms with Gasteiger partial charge >= 0.3 is 0 Å². The van der Waals surface area contributed by atoms with Crippen molar-refractivity contribution in [2.24, 2.45) is 0 Å². The van der Waals surface area contributed by atoms with Gasteiger partial charge in [-0.3, -0.25) is 4.79 Å². The Morgan fingerprint density at radius 1 is 1.36 bits per heavy atom. The Hall–Kier alpha value is -1.15. The highest BCUT2D eigenvalue weighted by atomic mass is 16.1. The van der Waals surface area contributed by atoms with Gasteiger partial charge in [0.1, 0.15) is 6.29 Å². The maximum atomic E-state index is 10.5. The minimum absolute atomic E-state index is 0.616. The maximum Gasteiger partial charge on any atom is 0.150 e. The molecule has 1 aliphatic heterocycles. The van der Waals surface area contributed by atoms with Gasteiger partial charge in [0.2, 0.25) is 0 Å². The lowest BCUT2D eigenvalue weighted by molar-refractivity contribution is 0.112. The van der Waals surface area contributed by atoms with Crippen LogP contribution in [0.1, 0.15) is 35.2 Å². The smallest absolute Gasteiger partial charge is 0.150 e. The molecule has 0 amide bonds. The predicted octanol–water partition coefficient (Wildman–Crippen LogP) is 1.96. The van der Waals surface area contributed by atoms with E-state index < -0.39 is 0 Å². The molecule has 1 heterocycles. The van der Waals surface area contributed by atoms with Gasteiger partial charge in [-0.25, -0.2) is 0 Å². The van der Waals surface area contributed by atoms with Crippen LogP contribution in [0.5, 0.6) is 0 Å². The van der Waals surface area contributed by atoms with Crippen LogP contribution < -0.4 is 5.32 Å². The first-order valence-corrected chi connectivity index (χ1v) is 5.08. The van der Waals surface area contributed by atoms with E-state index in [0.717, 1.165) is 18.4 Å². The van der Waals surface area contributed by atoms with Crippen molar-refractivity contribution in [2.45, 2.75) is 25.3 Å². The first kappa shape index (κ1) is 9.41. The van der Waals surface area contributed by atoms with E-state index in [1.807, 2.05) is 12.1 Å². The summed E-state index contributed by atoms with van der Waals surface area (Å²) >= 11 is 0. The summed E-state index contributed by atoms with van der Waals surface area (Å²) in [5, 5.41) is 3.43. The van der Waals surface area contributed by atoms with Gasteiger partial charge in [0.15, 0.2) is 0 Å². The summed E-state index contributed by atoms with van der Waals surface area (Å²) in [6.07, 6.45) is 2.08. The summed E-state index contributed by atoms with van der Waals surface area (Å²) in [6, 6.07) is 8.53. The fraction of sp³-hybridized carbons (Fsp3) is 0.417. The van der Waals surface area contributed by atoms with Gasteiger partial charge in [-0.2, -0.15) is 0 Å². The van der Waals surface area contributed by atoms with Gasteiger partial charge < -0.3 is 5.32 Å². The third kappa shape index (κ3) is 1.85. The number of carbonyl (C=O) groups is 1. The van der Waals surface area contributed by atoms with E-state index in [4.69, 9.17) is 0 Å². The highest BCUT2D eigenvalue weighted by Crippen LogP contribution is 2.25. The zero-order chi connectivity index (χ0) is 9.97. The lowest BCUT2D eigenvalue weighted by Crippen LogP contribution is -2.16. The summed E-state index contributed by atoms with van der Waals surface area (Å²) in [5.74, 6) is 0.616. The molecule has 0 radical (unpaired) electrons. The molecule has 0 bridgehead atoms. The summed E-state index contributed by atoms with van der Waals surface area (Å²) in [4.78, 5) is 10.5. The van der Waals surface area contributed by atoms with Crippen molar-refractivity contribution in [3.8, 4) is 0 Å². The van der Waals surface area contributed by atoms with Gasteiger partial charge in [-0.15, -0.1) is 0 Å². The number of carbonyl (C=O) groups excluding carboxylic acids is 1. The van der Waals surface area contributed by atoms with Gasteiger partial charge in [0, 0.05) is 18.2 Å². The van der Waals surface area contributed by atoms with Crippen LogP contribution in [0, 0.1) is 0 Å². The summed E-state index contributed by atoms with van der Waals surface area (Å²) < 4.78 is 0. The SMILES string of the molecule is CC1CC(c2ccc(C=O)cc2)CN1. The van der Waals surface area contributed by atoms with E-state index in [9.17, 15) is 4.79 Å². The zero-order valence-corrected chi connectivity index (χ0v) is 8.36. The molecule has 2 nitrogen and oxygen atoms in total. The first-order chi connectivity index (χ1) is 6.79. The molecule has 0 saturated carbocycles. The van der Waals surface area contributed by atoms with E-state index in [2.05, 4.69) is 24.4 Å². The van der Waals surface area contributed by atoms with Crippen LogP contribution in [0.3, 0.4) is 0 Å². The van der Waals surface area contributed by atoms with Crippen LogP contribution in [-0.2, 0) is 0 Å². The minimum atomic E-state index is 0.616. The Balaban J connectivity index is 2.13. The topological polar surface area (TPSA) is 29.1 Å². The van der Waals surface area contributed by atoms with Gasteiger partial charge in [-0.1, -0.05) is 24.3 Å². The van der Waals surface area contributed by atoms with Crippen LogP contribution in [0.4, 0.5) is 0 Å².